The van der Waals surface area contributed by atoms with Crippen LogP contribution in [0.1, 0.15) is 22.6 Å². The van der Waals surface area contributed by atoms with Crippen LogP contribution in [0, 0.1) is 12.2 Å². The molecule has 1 unspecified atom stereocenters. The molecule has 0 heterocycles. The summed E-state index contributed by atoms with van der Waals surface area (Å²) in [6, 6.07) is 12.6. The molecule has 2 radical (unpaired) electrons. The summed E-state index contributed by atoms with van der Waals surface area (Å²) in [5, 5.41) is 0.732. The zero-order valence-corrected chi connectivity index (χ0v) is 9.84. The zero-order chi connectivity index (χ0) is 11.8. The van der Waals surface area contributed by atoms with E-state index in [-0.39, 0.29) is 11.7 Å². The number of hydrogen-bond acceptors (Lipinski definition) is 0. The molecule has 2 aromatic rings. The molecule has 3 rings (SSSR count). The normalized spacial score (nSPS) is 18.1. The van der Waals surface area contributed by atoms with Crippen molar-refractivity contribution >= 4 is 11.6 Å². The molecule has 0 amide bonds. The number of halogens is 2. The molecule has 0 spiro atoms. The van der Waals surface area contributed by atoms with E-state index in [2.05, 4.69) is 6.42 Å². The maximum atomic E-state index is 13.1. The van der Waals surface area contributed by atoms with Crippen molar-refractivity contribution in [3.05, 3.63) is 76.4 Å². The SMILES string of the molecule is Fc1ccc2c(c1)CC(c1ccc(Cl)cc1)[C]2. The summed E-state index contributed by atoms with van der Waals surface area (Å²) in [5.74, 6) is 0.0337. The van der Waals surface area contributed by atoms with Gasteiger partial charge in [0.2, 0.25) is 0 Å². The molecule has 17 heavy (non-hydrogen) atoms. The monoisotopic (exact) mass is 244 g/mol. The van der Waals surface area contributed by atoms with Crippen LogP contribution in [-0.2, 0) is 6.42 Å². The maximum absolute atomic E-state index is 13.1. The highest BCUT2D eigenvalue weighted by atomic mass is 35.5. The molecule has 0 saturated heterocycles. The molecule has 0 bridgehead atoms. The van der Waals surface area contributed by atoms with E-state index in [1.807, 2.05) is 24.3 Å². The Morgan fingerprint density at radius 2 is 1.88 bits per heavy atom. The van der Waals surface area contributed by atoms with Crippen molar-refractivity contribution in [2.24, 2.45) is 0 Å². The standard InChI is InChI=1S/C15H10ClF/c16-14-4-1-10(2-5-14)12-7-11-3-6-15(17)9-13(11)8-12/h1-6,9,12H,8H2. The minimum Gasteiger partial charge on any atom is -0.207 e. The topological polar surface area (TPSA) is 0 Å². The first kappa shape index (κ1) is 10.8. The molecule has 0 N–H and O–H groups in total. The summed E-state index contributed by atoms with van der Waals surface area (Å²) in [7, 11) is 0. The van der Waals surface area contributed by atoms with Crippen LogP contribution in [-0.4, -0.2) is 0 Å². The molecule has 84 valence electrons. The third-order valence-electron chi connectivity index (χ3n) is 3.09. The van der Waals surface area contributed by atoms with Crippen LogP contribution in [0.25, 0.3) is 0 Å². The quantitative estimate of drug-likeness (QED) is 0.704. The fourth-order valence-electron chi connectivity index (χ4n) is 2.23. The van der Waals surface area contributed by atoms with Crippen molar-refractivity contribution in [2.75, 3.05) is 0 Å². The predicted molar refractivity (Wildman–Crippen MR) is 66.6 cm³/mol. The molecule has 0 saturated carbocycles. The number of fused-ring (bicyclic) bond motifs is 1. The van der Waals surface area contributed by atoms with Crippen molar-refractivity contribution in [2.45, 2.75) is 12.3 Å². The van der Waals surface area contributed by atoms with Crippen molar-refractivity contribution in [1.29, 1.82) is 0 Å². The van der Waals surface area contributed by atoms with E-state index in [9.17, 15) is 4.39 Å². The van der Waals surface area contributed by atoms with Gasteiger partial charge in [-0.25, -0.2) is 4.39 Å². The van der Waals surface area contributed by atoms with Gasteiger partial charge >= 0.3 is 0 Å². The van der Waals surface area contributed by atoms with Gasteiger partial charge in [0.1, 0.15) is 5.82 Å². The van der Waals surface area contributed by atoms with Crippen LogP contribution in [0.3, 0.4) is 0 Å². The molecule has 1 atom stereocenters. The molecular formula is C15H10ClF. The van der Waals surface area contributed by atoms with Crippen LogP contribution >= 0.6 is 11.6 Å². The Kier molecular flexibility index (Phi) is 2.64. The second kappa shape index (κ2) is 4.15. The predicted octanol–water partition coefficient (Wildman–Crippen LogP) is 4.25. The minimum absolute atomic E-state index is 0.178. The Morgan fingerprint density at radius 3 is 2.65 bits per heavy atom. The zero-order valence-electron chi connectivity index (χ0n) is 9.08. The third-order valence-corrected chi connectivity index (χ3v) is 3.35. The van der Waals surface area contributed by atoms with Crippen molar-refractivity contribution < 1.29 is 4.39 Å². The van der Waals surface area contributed by atoms with Gasteiger partial charge in [-0.1, -0.05) is 29.8 Å². The number of hydrogen-bond donors (Lipinski definition) is 0. The molecule has 1 aliphatic rings. The van der Waals surface area contributed by atoms with Crippen LogP contribution in [0.15, 0.2) is 42.5 Å². The van der Waals surface area contributed by atoms with Crippen molar-refractivity contribution in [3.63, 3.8) is 0 Å². The Morgan fingerprint density at radius 1 is 1.12 bits per heavy atom. The molecule has 0 aliphatic heterocycles. The highest BCUT2D eigenvalue weighted by molar-refractivity contribution is 6.30. The van der Waals surface area contributed by atoms with Gasteiger partial charge in [0.15, 0.2) is 0 Å². The Labute approximate surface area is 105 Å². The third kappa shape index (κ3) is 2.07. The summed E-state index contributed by atoms with van der Waals surface area (Å²) in [4.78, 5) is 0. The van der Waals surface area contributed by atoms with Crippen molar-refractivity contribution in [3.8, 4) is 0 Å². The number of benzene rings is 2. The Bertz CT molecular complexity index is 545. The minimum atomic E-state index is -0.178. The van der Waals surface area contributed by atoms with Gasteiger partial charge in [-0.15, -0.1) is 0 Å². The first-order chi connectivity index (χ1) is 8.22. The average Bonchev–Trinajstić information content (AvgIpc) is 2.72. The molecule has 2 heteroatoms. The largest absolute Gasteiger partial charge is 0.207 e. The second-order valence-electron chi connectivity index (χ2n) is 4.25. The van der Waals surface area contributed by atoms with Crippen LogP contribution in [0.4, 0.5) is 4.39 Å². The Hall–Kier alpha value is -1.34. The van der Waals surface area contributed by atoms with Crippen LogP contribution < -0.4 is 0 Å². The summed E-state index contributed by atoms with van der Waals surface area (Å²) >= 11 is 5.86. The van der Waals surface area contributed by atoms with Crippen molar-refractivity contribution in [1.82, 2.24) is 0 Å². The molecule has 0 fully saturated rings. The average molecular weight is 245 g/mol. The van der Waals surface area contributed by atoms with E-state index < -0.39 is 0 Å². The van der Waals surface area contributed by atoms with E-state index in [0.29, 0.717) is 0 Å². The lowest BCUT2D eigenvalue weighted by molar-refractivity contribution is 0.625. The first-order valence-electron chi connectivity index (χ1n) is 5.53. The molecular weight excluding hydrogens is 235 g/mol. The molecule has 0 nitrogen and oxygen atoms in total. The van der Waals surface area contributed by atoms with Gasteiger partial charge in [0.25, 0.3) is 0 Å². The lowest BCUT2D eigenvalue weighted by Gasteiger charge is -2.08. The summed E-state index contributed by atoms with van der Waals surface area (Å²) in [6.07, 6.45) is 4.20. The van der Waals surface area contributed by atoms with E-state index >= 15 is 0 Å². The van der Waals surface area contributed by atoms with Gasteiger partial charge in [-0.3, -0.25) is 0 Å². The van der Waals surface area contributed by atoms with Crippen LogP contribution in [0.2, 0.25) is 5.02 Å². The van der Waals surface area contributed by atoms with E-state index in [1.54, 1.807) is 12.1 Å². The smallest absolute Gasteiger partial charge is 0.123 e. The summed E-state index contributed by atoms with van der Waals surface area (Å²) in [5.41, 5.74) is 3.22. The molecule has 1 aliphatic carbocycles. The molecule has 0 aromatic heterocycles. The van der Waals surface area contributed by atoms with Crippen LogP contribution in [0.5, 0.6) is 0 Å². The summed E-state index contributed by atoms with van der Waals surface area (Å²) in [6.45, 7) is 0. The van der Waals surface area contributed by atoms with E-state index in [1.165, 1.54) is 11.6 Å². The number of rotatable bonds is 1. The Balaban J connectivity index is 1.88. The highest BCUT2D eigenvalue weighted by Crippen LogP contribution is 2.36. The lowest BCUT2D eigenvalue weighted by Crippen LogP contribution is -1.95. The second-order valence-corrected chi connectivity index (χ2v) is 4.69. The fourth-order valence-corrected chi connectivity index (χ4v) is 2.35. The molecule has 2 aromatic carbocycles. The maximum Gasteiger partial charge on any atom is 0.123 e. The van der Waals surface area contributed by atoms with Gasteiger partial charge < -0.3 is 0 Å². The fraction of sp³-hybridized carbons (Fsp3) is 0.133. The van der Waals surface area contributed by atoms with E-state index in [4.69, 9.17) is 11.6 Å². The van der Waals surface area contributed by atoms with Gasteiger partial charge in [0.05, 0.1) is 0 Å². The van der Waals surface area contributed by atoms with E-state index in [0.717, 1.165) is 22.6 Å². The highest BCUT2D eigenvalue weighted by Gasteiger charge is 2.23. The summed E-state index contributed by atoms with van der Waals surface area (Å²) < 4.78 is 13.1. The lowest BCUT2D eigenvalue weighted by atomic mass is 9.96. The van der Waals surface area contributed by atoms with Gasteiger partial charge in [-0.2, -0.15) is 0 Å². The van der Waals surface area contributed by atoms with Gasteiger partial charge in [-0.05, 0) is 53.3 Å². The van der Waals surface area contributed by atoms with Gasteiger partial charge in [0, 0.05) is 11.4 Å². The first-order valence-corrected chi connectivity index (χ1v) is 5.90.